The summed E-state index contributed by atoms with van der Waals surface area (Å²) in [4.78, 5) is 16.7. The molecule has 0 radical (unpaired) electrons. The van der Waals surface area contributed by atoms with Crippen molar-refractivity contribution in [3.8, 4) is 0 Å². The number of carbonyl (C=O) groups excluding carboxylic acids is 1. The number of hydrogen-bond donors (Lipinski definition) is 1. The van der Waals surface area contributed by atoms with Crippen molar-refractivity contribution in [2.45, 2.75) is 20.3 Å². The molecular formula is C17H18N5O3S-. The minimum atomic E-state index is -2.58. The summed E-state index contributed by atoms with van der Waals surface area (Å²) < 4.78 is 26.3. The predicted octanol–water partition coefficient (Wildman–Crippen LogP) is 2.11. The van der Waals surface area contributed by atoms with Gasteiger partial charge in [-0.15, -0.1) is 0 Å². The second kappa shape index (κ2) is 7.63. The highest BCUT2D eigenvalue weighted by Gasteiger charge is 2.18. The molecule has 1 aromatic carbocycles. The highest BCUT2D eigenvalue weighted by molar-refractivity contribution is 7.81. The Balaban J connectivity index is 2.08. The maximum atomic E-state index is 12.3. The lowest BCUT2D eigenvalue weighted by atomic mass is 10.2. The number of benzene rings is 1. The average molecular weight is 372 g/mol. The summed E-state index contributed by atoms with van der Waals surface area (Å²) in [7, 11) is 0. The molecular weight excluding hydrogens is 354 g/mol. The van der Waals surface area contributed by atoms with Crippen LogP contribution in [0.25, 0.3) is 5.65 Å². The van der Waals surface area contributed by atoms with Crippen molar-refractivity contribution in [1.29, 1.82) is 0 Å². The summed E-state index contributed by atoms with van der Waals surface area (Å²) >= 11 is -2.58. The molecule has 9 heteroatoms. The summed E-state index contributed by atoms with van der Waals surface area (Å²) in [6.07, 6.45) is 3.80. The molecule has 0 saturated heterocycles. The second-order valence-electron chi connectivity index (χ2n) is 5.67. The molecule has 8 nitrogen and oxygen atoms in total. The predicted molar refractivity (Wildman–Crippen MR) is 97.8 cm³/mol. The maximum absolute atomic E-state index is 12.3. The molecule has 136 valence electrons. The first kappa shape index (κ1) is 18.0. The van der Waals surface area contributed by atoms with Crippen LogP contribution < -0.4 is 9.62 Å². The third kappa shape index (κ3) is 3.44. The largest absolute Gasteiger partial charge is 0.755 e. The van der Waals surface area contributed by atoms with Crippen LogP contribution in [0, 0.1) is 6.92 Å². The molecule has 1 N–H and O–H groups in total. The zero-order valence-corrected chi connectivity index (χ0v) is 15.2. The van der Waals surface area contributed by atoms with Gasteiger partial charge in [0.2, 0.25) is 0 Å². The monoisotopic (exact) mass is 372 g/mol. The van der Waals surface area contributed by atoms with Gasteiger partial charge >= 0.3 is 0 Å². The molecule has 1 atom stereocenters. The van der Waals surface area contributed by atoms with Crippen molar-refractivity contribution < 1.29 is 13.6 Å². The van der Waals surface area contributed by atoms with Crippen LogP contribution in [0.15, 0.2) is 42.7 Å². The van der Waals surface area contributed by atoms with E-state index in [1.165, 1.54) is 16.8 Å². The van der Waals surface area contributed by atoms with Crippen molar-refractivity contribution in [2.24, 2.45) is 0 Å². The topological polar surface area (TPSA) is 103 Å². The Hall–Kier alpha value is -2.78. The van der Waals surface area contributed by atoms with Crippen LogP contribution in [0.2, 0.25) is 0 Å². The minimum absolute atomic E-state index is 0.185. The van der Waals surface area contributed by atoms with Crippen LogP contribution in [0.1, 0.15) is 29.3 Å². The standard InChI is InChI=1S/C17H19N5O3S/c1-3-9-18-17(23)13-11-19-21-10-8-15(20-16(13)21)22(26(24)25)14-7-5-4-6-12(14)2/h4-8,10-11H,3,9H2,1-2H3,(H,18,23)(H,24,25)/p-1. The number of nitrogens with one attached hydrogen (secondary N) is 1. The van der Waals surface area contributed by atoms with Crippen molar-refractivity contribution in [3.63, 3.8) is 0 Å². The molecule has 0 aliphatic heterocycles. The number of aromatic nitrogens is 3. The number of hydrogen-bond acceptors (Lipinski definition) is 5. The zero-order valence-electron chi connectivity index (χ0n) is 14.4. The molecule has 0 aliphatic carbocycles. The van der Waals surface area contributed by atoms with Gasteiger partial charge in [0.15, 0.2) is 5.65 Å². The van der Waals surface area contributed by atoms with Crippen LogP contribution in [0.4, 0.5) is 11.5 Å². The summed E-state index contributed by atoms with van der Waals surface area (Å²) in [5, 5.41) is 6.88. The quantitative estimate of drug-likeness (QED) is 0.668. The van der Waals surface area contributed by atoms with Crippen LogP contribution in [-0.4, -0.2) is 35.8 Å². The molecule has 3 aromatic rings. The Bertz CT molecular complexity index is 972. The van der Waals surface area contributed by atoms with Gasteiger partial charge in [-0.25, -0.2) is 9.50 Å². The van der Waals surface area contributed by atoms with E-state index in [-0.39, 0.29) is 11.7 Å². The first-order chi connectivity index (χ1) is 12.5. The number of rotatable bonds is 6. The van der Waals surface area contributed by atoms with Gasteiger partial charge in [-0.2, -0.15) is 5.10 Å². The molecule has 0 aliphatic rings. The smallest absolute Gasteiger partial charge is 0.256 e. The Labute approximate surface area is 153 Å². The van der Waals surface area contributed by atoms with E-state index in [4.69, 9.17) is 0 Å². The molecule has 0 fully saturated rings. The third-order valence-electron chi connectivity index (χ3n) is 3.83. The van der Waals surface area contributed by atoms with Crippen LogP contribution >= 0.6 is 0 Å². The molecule has 0 spiro atoms. The Kier molecular flexibility index (Phi) is 5.29. The highest BCUT2D eigenvalue weighted by atomic mass is 32.2. The first-order valence-corrected chi connectivity index (χ1v) is 9.13. The van der Waals surface area contributed by atoms with E-state index in [2.05, 4.69) is 15.4 Å². The van der Waals surface area contributed by atoms with Gasteiger partial charge in [-0.3, -0.25) is 13.3 Å². The summed E-state index contributed by atoms with van der Waals surface area (Å²) in [6, 6.07) is 8.63. The first-order valence-electron chi connectivity index (χ1n) is 8.10. The second-order valence-corrected chi connectivity index (χ2v) is 6.47. The summed E-state index contributed by atoms with van der Waals surface area (Å²) in [5.74, 6) is -0.109. The zero-order chi connectivity index (χ0) is 18.7. The summed E-state index contributed by atoms with van der Waals surface area (Å²) in [6.45, 7) is 4.31. The molecule has 2 heterocycles. The Morgan fingerprint density at radius 1 is 1.35 bits per heavy atom. The van der Waals surface area contributed by atoms with Crippen molar-refractivity contribution >= 4 is 34.3 Å². The normalized spacial score (nSPS) is 12.1. The van der Waals surface area contributed by atoms with E-state index in [0.717, 1.165) is 16.3 Å². The number of aryl methyl sites for hydroxylation is 1. The summed E-state index contributed by atoms with van der Waals surface area (Å²) in [5.41, 5.74) is 1.86. The van der Waals surface area contributed by atoms with Gasteiger partial charge < -0.3 is 9.87 Å². The molecule has 0 saturated carbocycles. The molecule has 26 heavy (non-hydrogen) atoms. The van der Waals surface area contributed by atoms with E-state index in [0.29, 0.717) is 23.4 Å². The number of carbonyl (C=O) groups is 1. The van der Waals surface area contributed by atoms with E-state index >= 15 is 0 Å². The molecule has 2 aromatic heterocycles. The fraction of sp³-hybridized carbons (Fsp3) is 0.235. The minimum Gasteiger partial charge on any atom is -0.755 e. The van der Waals surface area contributed by atoms with Crippen molar-refractivity contribution in [2.75, 3.05) is 10.8 Å². The number of amides is 1. The number of para-hydroxylation sites is 1. The van der Waals surface area contributed by atoms with Gasteiger partial charge in [-0.1, -0.05) is 25.1 Å². The lowest BCUT2D eigenvalue weighted by molar-refractivity contribution is 0.0955. The lowest BCUT2D eigenvalue weighted by Crippen LogP contribution is -2.24. The number of fused-ring (bicyclic) bond motifs is 1. The van der Waals surface area contributed by atoms with Gasteiger partial charge in [0, 0.05) is 18.8 Å². The fourth-order valence-corrected chi connectivity index (χ4v) is 3.16. The van der Waals surface area contributed by atoms with E-state index in [1.807, 2.05) is 26.0 Å². The van der Waals surface area contributed by atoms with E-state index in [9.17, 15) is 13.6 Å². The van der Waals surface area contributed by atoms with Crippen molar-refractivity contribution in [1.82, 2.24) is 19.9 Å². The average Bonchev–Trinajstić information content (AvgIpc) is 3.04. The van der Waals surface area contributed by atoms with Gasteiger partial charge in [0.1, 0.15) is 11.4 Å². The lowest BCUT2D eigenvalue weighted by Gasteiger charge is -2.26. The molecule has 0 bridgehead atoms. The van der Waals surface area contributed by atoms with E-state index in [1.54, 1.807) is 18.3 Å². The third-order valence-corrected chi connectivity index (χ3v) is 4.51. The number of anilines is 2. The number of nitrogens with zero attached hydrogens (tertiary/aromatic N) is 4. The van der Waals surface area contributed by atoms with Gasteiger partial charge in [-0.05, 0) is 25.0 Å². The van der Waals surface area contributed by atoms with Gasteiger partial charge in [0.05, 0.1) is 23.2 Å². The SMILES string of the molecule is CCCNC(=O)c1cnn2ccc(N(c3ccccc3C)S(=O)[O-])nc12. The van der Waals surface area contributed by atoms with Crippen molar-refractivity contribution in [3.05, 3.63) is 53.9 Å². The van der Waals surface area contributed by atoms with Crippen LogP contribution in [-0.2, 0) is 11.3 Å². The molecule has 3 rings (SSSR count). The van der Waals surface area contributed by atoms with Crippen LogP contribution in [0.5, 0.6) is 0 Å². The Morgan fingerprint density at radius 2 is 2.12 bits per heavy atom. The van der Waals surface area contributed by atoms with Crippen LogP contribution in [0.3, 0.4) is 0 Å². The molecule has 1 amide bonds. The highest BCUT2D eigenvalue weighted by Crippen LogP contribution is 2.28. The Morgan fingerprint density at radius 3 is 2.81 bits per heavy atom. The van der Waals surface area contributed by atoms with E-state index < -0.39 is 11.3 Å². The molecule has 1 unspecified atom stereocenters. The van der Waals surface area contributed by atoms with Gasteiger partial charge in [0.25, 0.3) is 5.91 Å². The fourth-order valence-electron chi connectivity index (χ4n) is 2.54. The maximum Gasteiger partial charge on any atom is 0.256 e.